The highest BCUT2D eigenvalue weighted by Gasteiger charge is 2.15. The van der Waals surface area contributed by atoms with Crippen LogP contribution in [0.25, 0.3) is 0 Å². The maximum Gasteiger partial charge on any atom is 0.229 e. The van der Waals surface area contributed by atoms with Crippen LogP contribution < -0.4 is 10.6 Å². The number of rotatable bonds is 5. The van der Waals surface area contributed by atoms with Crippen molar-refractivity contribution in [3.8, 4) is 0 Å². The van der Waals surface area contributed by atoms with Crippen molar-refractivity contribution in [3.63, 3.8) is 0 Å². The molecule has 0 aliphatic heterocycles. The molecule has 0 atom stereocenters. The average Bonchev–Trinajstić information content (AvgIpc) is 3.01. The highest BCUT2D eigenvalue weighted by atomic mass is 15.1. The van der Waals surface area contributed by atoms with E-state index in [1.807, 2.05) is 6.07 Å². The lowest BCUT2D eigenvalue weighted by Gasteiger charge is -2.13. The predicted octanol–water partition coefficient (Wildman–Crippen LogP) is 4.70. The summed E-state index contributed by atoms with van der Waals surface area (Å²) >= 11 is 0. The second-order valence-corrected chi connectivity index (χ2v) is 6.29. The van der Waals surface area contributed by atoms with E-state index in [1.165, 1.54) is 31.2 Å². The van der Waals surface area contributed by atoms with E-state index in [2.05, 4.69) is 58.7 Å². The summed E-state index contributed by atoms with van der Waals surface area (Å²) < 4.78 is 0. The molecule has 1 aromatic carbocycles. The van der Waals surface area contributed by atoms with Gasteiger partial charge < -0.3 is 10.6 Å². The highest BCUT2D eigenvalue weighted by molar-refractivity contribution is 5.55. The smallest absolute Gasteiger partial charge is 0.229 e. The molecule has 1 aromatic heterocycles. The molecule has 116 valence electrons. The fourth-order valence-electron chi connectivity index (χ4n) is 2.86. The fourth-order valence-corrected chi connectivity index (χ4v) is 2.86. The molecule has 4 heteroatoms. The minimum atomic E-state index is 0.546. The van der Waals surface area contributed by atoms with Gasteiger partial charge in [-0.2, -0.15) is 4.98 Å². The van der Waals surface area contributed by atoms with E-state index in [9.17, 15) is 0 Å². The molecule has 4 nitrogen and oxygen atoms in total. The first-order valence-corrected chi connectivity index (χ1v) is 8.17. The summed E-state index contributed by atoms with van der Waals surface area (Å²) in [5.74, 6) is 2.09. The number of anilines is 3. The van der Waals surface area contributed by atoms with Crippen molar-refractivity contribution >= 4 is 17.5 Å². The Morgan fingerprint density at radius 2 is 1.77 bits per heavy atom. The maximum atomic E-state index is 4.56. The zero-order chi connectivity index (χ0) is 15.4. The quantitative estimate of drug-likeness (QED) is 0.839. The topological polar surface area (TPSA) is 49.8 Å². The van der Waals surface area contributed by atoms with Crippen LogP contribution in [0.4, 0.5) is 17.5 Å². The Balaban J connectivity index is 1.66. The average molecular weight is 296 g/mol. The van der Waals surface area contributed by atoms with E-state index in [0.717, 1.165) is 11.5 Å². The second kappa shape index (κ2) is 6.77. The molecular weight excluding hydrogens is 272 g/mol. The molecule has 0 saturated heterocycles. The van der Waals surface area contributed by atoms with Gasteiger partial charge in [0.25, 0.3) is 0 Å². The number of hydrogen-bond donors (Lipinski definition) is 2. The van der Waals surface area contributed by atoms with Crippen LogP contribution in [0.2, 0.25) is 0 Å². The van der Waals surface area contributed by atoms with Gasteiger partial charge in [0.1, 0.15) is 5.82 Å². The van der Waals surface area contributed by atoms with Crippen LogP contribution in [-0.2, 0) is 0 Å². The Hall–Kier alpha value is -2.10. The van der Waals surface area contributed by atoms with Gasteiger partial charge in [-0.05, 0) is 42.5 Å². The Kier molecular flexibility index (Phi) is 4.56. The van der Waals surface area contributed by atoms with Gasteiger partial charge in [0.2, 0.25) is 5.95 Å². The second-order valence-electron chi connectivity index (χ2n) is 6.29. The Labute approximate surface area is 132 Å². The molecule has 1 aliphatic rings. The van der Waals surface area contributed by atoms with Crippen molar-refractivity contribution in [2.24, 2.45) is 0 Å². The van der Waals surface area contributed by atoms with Gasteiger partial charge in [-0.25, -0.2) is 4.98 Å². The monoisotopic (exact) mass is 296 g/mol. The molecular formula is C18H24N4. The number of nitrogens with zero attached hydrogens (tertiary/aromatic N) is 2. The van der Waals surface area contributed by atoms with E-state index >= 15 is 0 Å². The lowest BCUT2D eigenvalue weighted by atomic mass is 10.0. The van der Waals surface area contributed by atoms with Gasteiger partial charge in [0.05, 0.1) is 0 Å². The minimum Gasteiger partial charge on any atom is -0.367 e. The van der Waals surface area contributed by atoms with Crippen molar-refractivity contribution in [2.75, 3.05) is 10.6 Å². The summed E-state index contributed by atoms with van der Waals surface area (Å²) in [6, 6.07) is 11.0. The summed E-state index contributed by atoms with van der Waals surface area (Å²) in [7, 11) is 0. The molecule has 0 unspecified atom stereocenters. The molecule has 22 heavy (non-hydrogen) atoms. The molecule has 0 bridgehead atoms. The predicted molar refractivity (Wildman–Crippen MR) is 91.7 cm³/mol. The number of benzene rings is 1. The van der Waals surface area contributed by atoms with Crippen molar-refractivity contribution in [3.05, 3.63) is 42.1 Å². The lowest BCUT2D eigenvalue weighted by molar-refractivity contribution is 0.750. The molecule has 2 N–H and O–H groups in total. The largest absolute Gasteiger partial charge is 0.367 e. The summed E-state index contributed by atoms with van der Waals surface area (Å²) in [4.78, 5) is 8.86. The summed E-state index contributed by atoms with van der Waals surface area (Å²) in [5, 5.41) is 6.77. The number of hydrogen-bond acceptors (Lipinski definition) is 4. The Morgan fingerprint density at radius 1 is 1.05 bits per heavy atom. The first-order valence-electron chi connectivity index (χ1n) is 8.17. The summed E-state index contributed by atoms with van der Waals surface area (Å²) in [5.41, 5.74) is 2.35. The van der Waals surface area contributed by atoms with Crippen LogP contribution in [0, 0.1) is 0 Å². The van der Waals surface area contributed by atoms with Gasteiger partial charge in [0, 0.05) is 17.9 Å². The van der Waals surface area contributed by atoms with Crippen LogP contribution in [0.1, 0.15) is 51.0 Å². The van der Waals surface area contributed by atoms with Crippen LogP contribution in [0.5, 0.6) is 0 Å². The Morgan fingerprint density at radius 3 is 2.45 bits per heavy atom. The van der Waals surface area contributed by atoms with Gasteiger partial charge in [-0.1, -0.05) is 38.8 Å². The highest BCUT2D eigenvalue weighted by Crippen LogP contribution is 2.22. The first kappa shape index (κ1) is 14.8. The van der Waals surface area contributed by atoms with Crippen LogP contribution >= 0.6 is 0 Å². The van der Waals surface area contributed by atoms with Crippen molar-refractivity contribution < 1.29 is 0 Å². The third-order valence-electron chi connectivity index (χ3n) is 4.20. The zero-order valence-corrected chi connectivity index (χ0v) is 13.3. The molecule has 2 aromatic rings. The molecule has 1 fully saturated rings. The number of aromatic nitrogens is 2. The van der Waals surface area contributed by atoms with Crippen molar-refractivity contribution in [1.82, 2.24) is 9.97 Å². The SMILES string of the molecule is CC(C)c1ccc(Nc2nccc(NC3CCCC3)n2)cc1. The first-order chi connectivity index (χ1) is 10.7. The molecule has 1 aliphatic carbocycles. The minimum absolute atomic E-state index is 0.546. The number of nitrogens with one attached hydrogen (secondary N) is 2. The van der Waals surface area contributed by atoms with E-state index in [-0.39, 0.29) is 0 Å². The molecule has 0 radical (unpaired) electrons. The normalized spacial score (nSPS) is 15.2. The van der Waals surface area contributed by atoms with Crippen LogP contribution in [-0.4, -0.2) is 16.0 Å². The molecule has 0 spiro atoms. The lowest BCUT2D eigenvalue weighted by Crippen LogP contribution is -2.15. The molecule has 1 saturated carbocycles. The zero-order valence-electron chi connectivity index (χ0n) is 13.3. The van der Waals surface area contributed by atoms with E-state index in [4.69, 9.17) is 0 Å². The molecule has 3 rings (SSSR count). The van der Waals surface area contributed by atoms with Gasteiger partial charge >= 0.3 is 0 Å². The molecule has 0 amide bonds. The maximum absolute atomic E-state index is 4.56. The summed E-state index contributed by atoms with van der Waals surface area (Å²) in [6.45, 7) is 4.40. The molecule has 1 heterocycles. The van der Waals surface area contributed by atoms with E-state index < -0.39 is 0 Å². The third kappa shape index (κ3) is 3.75. The van der Waals surface area contributed by atoms with Gasteiger partial charge in [-0.3, -0.25) is 0 Å². The van der Waals surface area contributed by atoms with Crippen LogP contribution in [0.15, 0.2) is 36.5 Å². The summed E-state index contributed by atoms with van der Waals surface area (Å²) in [6.07, 6.45) is 6.91. The van der Waals surface area contributed by atoms with Crippen molar-refractivity contribution in [2.45, 2.75) is 51.5 Å². The van der Waals surface area contributed by atoms with Crippen molar-refractivity contribution in [1.29, 1.82) is 0 Å². The Bertz CT molecular complexity index is 601. The van der Waals surface area contributed by atoms with E-state index in [0.29, 0.717) is 17.9 Å². The van der Waals surface area contributed by atoms with E-state index in [1.54, 1.807) is 6.20 Å². The van der Waals surface area contributed by atoms with Gasteiger partial charge in [-0.15, -0.1) is 0 Å². The van der Waals surface area contributed by atoms with Crippen LogP contribution in [0.3, 0.4) is 0 Å². The van der Waals surface area contributed by atoms with Gasteiger partial charge in [0.15, 0.2) is 0 Å². The fraction of sp³-hybridized carbons (Fsp3) is 0.444. The standard InChI is InChI=1S/C18H24N4/c1-13(2)14-7-9-16(10-8-14)21-18-19-12-11-17(22-18)20-15-5-3-4-6-15/h7-13,15H,3-6H2,1-2H3,(H2,19,20,21,22). The third-order valence-corrected chi connectivity index (χ3v) is 4.20.